The van der Waals surface area contributed by atoms with Gasteiger partial charge in [0.15, 0.2) is 0 Å². The van der Waals surface area contributed by atoms with E-state index in [2.05, 4.69) is 15.9 Å². The first-order valence-electron chi connectivity index (χ1n) is 4.13. The van der Waals surface area contributed by atoms with Crippen LogP contribution in [0.4, 0.5) is 4.39 Å². The molecular formula is C10H10BrFO2. The van der Waals surface area contributed by atoms with Gasteiger partial charge >= 0.3 is 5.97 Å². The molecule has 0 aliphatic rings. The zero-order valence-electron chi connectivity index (χ0n) is 7.63. The van der Waals surface area contributed by atoms with E-state index in [9.17, 15) is 9.18 Å². The Kier molecular flexibility index (Phi) is 3.63. The molecule has 0 saturated heterocycles. The molecule has 1 rings (SSSR count). The van der Waals surface area contributed by atoms with Gasteiger partial charge in [0.05, 0.1) is 5.92 Å². The fourth-order valence-electron chi connectivity index (χ4n) is 1.08. The standard InChI is InChI=1S/C10H10BrFO2/c1-6(10(13)14)7-2-3-8(5-12)9(11)4-7/h2-4,6H,5H2,1H3,(H,13,14). The highest BCUT2D eigenvalue weighted by Crippen LogP contribution is 2.24. The van der Waals surface area contributed by atoms with Crippen molar-refractivity contribution in [2.45, 2.75) is 19.5 Å². The molecule has 1 aromatic carbocycles. The van der Waals surface area contributed by atoms with Crippen LogP contribution >= 0.6 is 15.9 Å². The second-order valence-corrected chi connectivity index (χ2v) is 3.90. The van der Waals surface area contributed by atoms with Crippen molar-refractivity contribution < 1.29 is 14.3 Å². The average molecular weight is 261 g/mol. The van der Waals surface area contributed by atoms with Crippen molar-refractivity contribution >= 4 is 21.9 Å². The first-order valence-corrected chi connectivity index (χ1v) is 4.92. The SMILES string of the molecule is CC(C(=O)O)c1ccc(CF)c(Br)c1. The van der Waals surface area contributed by atoms with Gasteiger partial charge in [-0.2, -0.15) is 0 Å². The molecule has 0 aliphatic carbocycles. The first-order chi connectivity index (χ1) is 6.56. The number of rotatable bonds is 3. The van der Waals surface area contributed by atoms with Gasteiger partial charge in [0, 0.05) is 4.47 Å². The third-order valence-corrected chi connectivity index (χ3v) is 2.83. The van der Waals surface area contributed by atoms with Crippen LogP contribution in [0.5, 0.6) is 0 Å². The molecule has 1 aromatic rings. The Morgan fingerprint density at radius 1 is 1.64 bits per heavy atom. The van der Waals surface area contributed by atoms with Gasteiger partial charge in [0.1, 0.15) is 6.67 Å². The van der Waals surface area contributed by atoms with Crippen molar-refractivity contribution in [2.24, 2.45) is 0 Å². The van der Waals surface area contributed by atoms with Crippen LogP contribution in [0.1, 0.15) is 24.0 Å². The molecule has 0 bridgehead atoms. The van der Waals surface area contributed by atoms with E-state index in [0.717, 1.165) is 0 Å². The summed E-state index contributed by atoms with van der Waals surface area (Å²) in [5.74, 6) is -1.45. The summed E-state index contributed by atoms with van der Waals surface area (Å²) in [5, 5.41) is 8.76. The summed E-state index contributed by atoms with van der Waals surface area (Å²) in [5.41, 5.74) is 1.20. The summed E-state index contributed by atoms with van der Waals surface area (Å²) in [6.45, 7) is 1.04. The Morgan fingerprint density at radius 2 is 2.29 bits per heavy atom. The van der Waals surface area contributed by atoms with Crippen molar-refractivity contribution in [3.05, 3.63) is 33.8 Å². The number of hydrogen-bond acceptors (Lipinski definition) is 1. The van der Waals surface area contributed by atoms with Gasteiger partial charge in [-0.05, 0) is 24.1 Å². The van der Waals surface area contributed by atoms with Crippen LogP contribution < -0.4 is 0 Å². The number of hydrogen-bond donors (Lipinski definition) is 1. The number of aliphatic carboxylic acids is 1. The molecule has 76 valence electrons. The molecule has 1 unspecified atom stereocenters. The van der Waals surface area contributed by atoms with Crippen molar-refractivity contribution in [1.29, 1.82) is 0 Å². The monoisotopic (exact) mass is 260 g/mol. The van der Waals surface area contributed by atoms with Gasteiger partial charge < -0.3 is 5.11 Å². The maximum atomic E-state index is 12.3. The molecule has 14 heavy (non-hydrogen) atoms. The molecule has 0 aromatic heterocycles. The summed E-state index contributed by atoms with van der Waals surface area (Å²) >= 11 is 3.19. The molecule has 0 heterocycles. The minimum Gasteiger partial charge on any atom is -0.481 e. The van der Waals surface area contributed by atoms with Gasteiger partial charge in [-0.25, -0.2) is 4.39 Å². The van der Waals surface area contributed by atoms with E-state index < -0.39 is 18.6 Å². The lowest BCUT2D eigenvalue weighted by atomic mass is 10.0. The van der Waals surface area contributed by atoms with Crippen molar-refractivity contribution in [3.8, 4) is 0 Å². The number of carboxylic acid groups (broad SMARTS) is 1. The molecule has 4 heteroatoms. The number of halogens is 2. The van der Waals surface area contributed by atoms with E-state index in [1.807, 2.05) is 0 Å². The van der Waals surface area contributed by atoms with Crippen LogP contribution in [-0.4, -0.2) is 11.1 Å². The van der Waals surface area contributed by atoms with Gasteiger partial charge in [0.2, 0.25) is 0 Å². The maximum Gasteiger partial charge on any atom is 0.310 e. The Balaban J connectivity index is 3.02. The van der Waals surface area contributed by atoms with Crippen molar-refractivity contribution in [2.75, 3.05) is 0 Å². The predicted octanol–water partition coefficient (Wildman–Crippen LogP) is 3.11. The highest BCUT2D eigenvalue weighted by molar-refractivity contribution is 9.10. The number of alkyl halides is 1. The fraction of sp³-hybridized carbons (Fsp3) is 0.300. The summed E-state index contributed by atoms with van der Waals surface area (Å²) in [4.78, 5) is 10.7. The van der Waals surface area contributed by atoms with E-state index in [4.69, 9.17) is 5.11 Å². The predicted molar refractivity (Wildman–Crippen MR) is 55.0 cm³/mol. The third kappa shape index (κ3) is 2.32. The van der Waals surface area contributed by atoms with Gasteiger partial charge in [-0.1, -0.05) is 28.1 Å². The van der Waals surface area contributed by atoms with Crippen LogP contribution in [0, 0.1) is 0 Å². The maximum absolute atomic E-state index is 12.3. The molecule has 1 atom stereocenters. The van der Waals surface area contributed by atoms with Crippen LogP contribution in [-0.2, 0) is 11.5 Å². The van der Waals surface area contributed by atoms with Crippen molar-refractivity contribution in [3.63, 3.8) is 0 Å². The molecule has 2 nitrogen and oxygen atoms in total. The van der Waals surface area contributed by atoms with Crippen LogP contribution in [0.15, 0.2) is 22.7 Å². The van der Waals surface area contributed by atoms with E-state index in [1.165, 1.54) is 0 Å². The number of benzene rings is 1. The molecule has 0 saturated carbocycles. The highest BCUT2D eigenvalue weighted by Gasteiger charge is 2.14. The summed E-state index contributed by atoms with van der Waals surface area (Å²) in [6.07, 6.45) is 0. The van der Waals surface area contributed by atoms with E-state index >= 15 is 0 Å². The van der Waals surface area contributed by atoms with E-state index in [0.29, 0.717) is 15.6 Å². The number of carbonyl (C=O) groups is 1. The lowest BCUT2D eigenvalue weighted by Gasteiger charge is -2.08. The molecule has 0 spiro atoms. The normalized spacial score (nSPS) is 12.5. The molecular weight excluding hydrogens is 251 g/mol. The molecule has 0 aliphatic heterocycles. The van der Waals surface area contributed by atoms with E-state index in [1.54, 1.807) is 25.1 Å². The zero-order valence-corrected chi connectivity index (χ0v) is 9.21. The summed E-state index contributed by atoms with van der Waals surface area (Å²) in [7, 11) is 0. The lowest BCUT2D eigenvalue weighted by molar-refractivity contribution is -0.138. The Morgan fingerprint density at radius 3 is 2.71 bits per heavy atom. The molecule has 0 amide bonds. The second-order valence-electron chi connectivity index (χ2n) is 3.04. The largest absolute Gasteiger partial charge is 0.481 e. The van der Waals surface area contributed by atoms with E-state index in [-0.39, 0.29) is 0 Å². The Bertz CT molecular complexity index is 352. The minimum atomic E-state index is -0.884. The highest BCUT2D eigenvalue weighted by atomic mass is 79.9. The fourth-order valence-corrected chi connectivity index (χ4v) is 1.59. The summed E-state index contributed by atoms with van der Waals surface area (Å²) in [6, 6.07) is 4.88. The molecule has 1 N–H and O–H groups in total. The second kappa shape index (κ2) is 4.55. The first kappa shape index (κ1) is 11.2. The lowest BCUT2D eigenvalue weighted by Crippen LogP contribution is -2.07. The van der Waals surface area contributed by atoms with Gasteiger partial charge in [0.25, 0.3) is 0 Å². The third-order valence-electron chi connectivity index (χ3n) is 2.09. The summed E-state index contributed by atoms with van der Waals surface area (Å²) < 4.78 is 12.9. The average Bonchev–Trinajstić information content (AvgIpc) is 2.16. The van der Waals surface area contributed by atoms with Crippen LogP contribution in [0.2, 0.25) is 0 Å². The zero-order chi connectivity index (χ0) is 10.7. The Labute approximate surface area is 89.9 Å². The Hall–Kier alpha value is -0.900. The number of carboxylic acids is 1. The van der Waals surface area contributed by atoms with Crippen LogP contribution in [0.25, 0.3) is 0 Å². The topological polar surface area (TPSA) is 37.3 Å². The smallest absolute Gasteiger partial charge is 0.310 e. The van der Waals surface area contributed by atoms with Crippen LogP contribution in [0.3, 0.4) is 0 Å². The van der Waals surface area contributed by atoms with Crippen molar-refractivity contribution in [1.82, 2.24) is 0 Å². The van der Waals surface area contributed by atoms with Gasteiger partial charge in [-0.3, -0.25) is 4.79 Å². The quantitative estimate of drug-likeness (QED) is 0.907. The van der Waals surface area contributed by atoms with Gasteiger partial charge in [-0.15, -0.1) is 0 Å². The molecule has 0 radical (unpaired) electrons. The molecule has 0 fully saturated rings. The minimum absolute atomic E-state index is 0.534.